The molecular formula is C24H31ClO9. The summed E-state index contributed by atoms with van der Waals surface area (Å²) in [5, 5.41) is 22.5. The van der Waals surface area contributed by atoms with E-state index >= 15 is 0 Å². The SMILES string of the molecule is C=C1CCC(OC(C)=O)C2(C)C=CC(=O)C(C)(O)C2C(OC(C)=O)C2(O)C(C)C(=O)OC2C1Cl. The van der Waals surface area contributed by atoms with E-state index in [9.17, 15) is 29.4 Å². The minimum atomic E-state index is -2.24. The van der Waals surface area contributed by atoms with Crippen LogP contribution in [0.4, 0.5) is 0 Å². The van der Waals surface area contributed by atoms with Crippen molar-refractivity contribution in [1.29, 1.82) is 0 Å². The number of ketones is 1. The molecule has 9 atom stereocenters. The molecule has 1 aliphatic heterocycles. The smallest absolute Gasteiger partial charge is 0.312 e. The highest BCUT2D eigenvalue weighted by atomic mass is 35.5. The number of esters is 3. The molecule has 0 aromatic heterocycles. The van der Waals surface area contributed by atoms with E-state index in [-0.39, 0.29) is 12.8 Å². The first-order chi connectivity index (χ1) is 15.6. The van der Waals surface area contributed by atoms with Gasteiger partial charge in [-0.25, -0.2) is 0 Å². The number of ether oxygens (including phenoxy) is 3. The molecule has 3 aliphatic rings. The molecule has 0 spiro atoms. The van der Waals surface area contributed by atoms with Crippen molar-refractivity contribution in [1.82, 2.24) is 0 Å². The molecule has 10 heteroatoms. The van der Waals surface area contributed by atoms with Crippen molar-refractivity contribution in [2.24, 2.45) is 17.3 Å². The van der Waals surface area contributed by atoms with Crippen LogP contribution in [0.25, 0.3) is 0 Å². The van der Waals surface area contributed by atoms with Crippen molar-refractivity contribution in [3.8, 4) is 0 Å². The van der Waals surface area contributed by atoms with Crippen LogP contribution in [0.2, 0.25) is 0 Å². The highest BCUT2D eigenvalue weighted by Gasteiger charge is 2.70. The molecule has 3 rings (SSSR count). The van der Waals surface area contributed by atoms with Crippen LogP contribution in [-0.2, 0) is 33.4 Å². The van der Waals surface area contributed by atoms with Gasteiger partial charge in [-0.15, -0.1) is 11.6 Å². The van der Waals surface area contributed by atoms with E-state index < -0.39 is 75.8 Å². The van der Waals surface area contributed by atoms with Crippen molar-refractivity contribution < 1.29 is 43.6 Å². The lowest BCUT2D eigenvalue weighted by atomic mass is 9.54. The molecule has 1 heterocycles. The zero-order chi connectivity index (χ0) is 25.8. The first-order valence-corrected chi connectivity index (χ1v) is 11.6. The van der Waals surface area contributed by atoms with Crippen molar-refractivity contribution >= 4 is 35.3 Å². The van der Waals surface area contributed by atoms with Gasteiger partial charge in [0.2, 0.25) is 0 Å². The third-order valence-electron chi connectivity index (χ3n) is 7.55. The summed E-state index contributed by atoms with van der Waals surface area (Å²) >= 11 is 6.63. The lowest BCUT2D eigenvalue weighted by Gasteiger charge is -2.55. The Bertz CT molecular complexity index is 956. The number of fused-ring (bicyclic) bond motifs is 2. The summed E-state index contributed by atoms with van der Waals surface area (Å²) in [6.45, 7) is 10.6. The fraction of sp³-hybridized carbons (Fsp3) is 0.667. The van der Waals surface area contributed by atoms with Crippen LogP contribution >= 0.6 is 11.6 Å². The van der Waals surface area contributed by atoms with E-state index in [1.54, 1.807) is 6.92 Å². The number of alkyl halides is 1. The fourth-order valence-corrected chi connectivity index (χ4v) is 6.01. The van der Waals surface area contributed by atoms with Crippen LogP contribution in [-0.4, -0.2) is 68.8 Å². The summed E-state index contributed by atoms with van der Waals surface area (Å²) in [6.07, 6.45) is -0.830. The number of rotatable bonds is 2. The van der Waals surface area contributed by atoms with Gasteiger partial charge < -0.3 is 24.4 Å². The Morgan fingerprint density at radius 2 is 1.76 bits per heavy atom. The van der Waals surface area contributed by atoms with E-state index in [2.05, 4.69) is 6.58 Å². The second kappa shape index (κ2) is 8.77. The zero-order valence-electron chi connectivity index (χ0n) is 19.9. The third kappa shape index (κ3) is 3.97. The van der Waals surface area contributed by atoms with Crippen LogP contribution in [0.1, 0.15) is 47.5 Å². The van der Waals surface area contributed by atoms with Gasteiger partial charge in [-0.3, -0.25) is 19.2 Å². The Morgan fingerprint density at radius 1 is 1.18 bits per heavy atom. The molecule has 2 fully saturated rings. The van der Waals surface area contributed by atoms with Gasteiger partial charge in [0.25, 0.3) is 0 Å². The summed E-state index contributed by atoms with van der Waals surface area (Å²) in [4.78, 5) is 49.9. The van der Waals surface area contributed by atoms with Gasteiger partial charge in [0, 0.05) is 25.2 Å². The van der Waals surface area contributed by atoms with E-state index in [1.807, 2.05) is 0 Å². The topological polar surface area (TPSA) is 136 Å². The Hall–Kier alpha value is -2.23. The molecule has 0 amide bonds. The third-order valence-corrected chi connectivity index (χ3v) is 8.09. The van der Waals surface area contributed by atoms with Crippen molar-refractivity contribution in [3.05, 3.63) is 24.3 Å². The maximum absolute atomic E-state index is 12.9. The number of hydrogen-bond donors (Lipinski definition) is 2. The Morgan fingerprint density at radius 3 is 2.32 bits per heavy atom. The summed E-state index contributed by atoms with van der Waals surface area (Å²) in [6, 6.07) is 0. The van der Waals surface area contributed by atoms with Gasteiger partial charge in [0.15, 0.2) is 17.5 Å². The van der Waals surface area contributed by atoms with Crippen molar-refractivity contribution in [2.45, 2.75) is 82.4 Å². The van der Waals surface area contributed by atoms with Crippen molar-refractivity contribution in [2.75, 3.05) is 0 Å². The minimum Gasteiger partial charge on any atom is -0.462 e. The van der Waals surface area contributed by atoms with Crippen LogP contribution in [0.5, 0.6) is 0 Å². The quantitative estimate of drug-likeness (QED) is 0.252. The average Bonchev–Trinajstić information content (AvgIpc) is 2.96. The summed E-state index contributed by atoms with van der Waals surface area (Å²) < 4.78 is 16.7. The van der Waals surface area contributed by atoms with Crippen LogP contribution in [0.15, 0.2) is 24.3 Å². The molecular weight excluding hydrogens is 468 g/mol. The van der Waals surface area contributed by atoms with E-state index in [1.165, 1.54) is 32.9 Å². The largest absolute Gasteiger partial charge is 0.462 e. The summed E-state index contributed by atoms with van der Waals surface area (Å²) in [7, 11) is 0. The number of halogens is 1. The standard InChI is InChI=1S/C24H31ClO9/c1-11-7-8-16(32-13(3)26)22(5)10-9-15(28)23(6,30)18(22)20(33-14(4)27)24(31)12(2)21(29)34-19(24)17(11)25/h9-10,12,16-20,30-31H,1,7-8H2,2-6H3. The van der Waals surface area contributed by atoms with Gasteiger partial charge in [0.05, 0.1) is 11.3 Å². The Labute approximate surface area is 203 Å². The van der Waals surface area contributed by atoms with Crippen molar-refractivity contribution in [3.63, 3.8) is 0 Å². The summed E-state index contributed by atoms with van der Waals surface area (Å²) in [5.74, 6) is -5.48. The maximum atomic E-state index is 12.9. The number of carbonyl (C=O) groups is 4. The molecule has 0 aromatic rings. The first-order valence-electron chi connectivity index (χ1n) is 11.1. The minimum absolute atomic E-state index is 0.199. The highest BCUT2D eigenvalue weighted by molar-refractivity contribution is 6.23. The molecule has 9 unspecified atom stereocenters. The molecule has 0 aromatic carbocycles. The Balaban J connectivity index is 2.37. The molecule has 1 saturated carbocycles. The van der Waals surface area contributed by atoms with E-state index in [0.29, 0.717) is 5.57 Å². The second-order valence-electron chi connectivity index (χ2n) is 9.88. The molecule has 34 heavy (non-hydrogen) atoms. The van der Waals surface area contributed by atoms with Gasteiger partial charge >= 0.3 is 17.9 Å². The summed E-state index contributed by atoms with van der Waals surface area (Å²) in [5.41, 5.74) is -5.31. The monoisotopic (exact) mass is 498 g/mol. The van der Waals surface area contributed by atoms with Gasteiger partial charge in [-0.2, -0.15) is 0 Å². The van der Waals surface area contributed by atoms with E-state index in [4.69, 9.17) is 25.8 Å². The van der Waals surface area contributed by atoms with Gasteiger partial charge in [-0.05, 0) is 32.8 Å². The second-order valence-corrected chi connectivity index (χ2v) is 10.4. The predicted molar refractivity (Wildman–Crippen MR) is 119 cm³/mol. The van der Waals surface area contributed by atoms with Gasteiger partial charge in [0.1, 0.15) is 17.8 Å². The molecule has 0 bridgehead atoms. The Kier molecular flexibility index (Phi) is 6.80. The number of hydrogen-bond acceptors (Lipinski definition) is 9. The van der Waals surface area contributed by atoms with Crippen LogP contribution < -0.4 is 0 Å². The molecule has 1 saturated heterocycles. The predicted octanol–water partition coefficient (Wildman–Crippen LogP) is 1.61. The van der Waals surface area contributed by atoms with Crippen LogP contribution in [0.3, 0.4) is 0 Å². The zero-order valence-corrected chi connectivity index (χ0v) is 20.6. The average molecular weight is 499 g/mol. The molecule has 2 N–H and O–H groups in total. The van der Waals surface area contributed by atoms with Gasteiger partial charge in [-0.1, -0.05) is 25.2 Å². The first kappa shape index (κ1) is 26.4. The molecule has 188 valence electrons. The molecule has 0 radical (unpaired) electrons. The number of aliphatic hydroxyl groups is 2. The lowest BCUT2D eigenvalue weighted by Crippen LogP contribution is -2.69. The van der Waals surface area contributed by atoms with E-state index in [0.717, 1.165) is 6.92 Å². The normalized spacial score (nSPS) is 44.5. The van der Waals surface area contributed by atoms with Crippen LogP contribution in [0, 0.1) is 17.3 Å². The maximum Gasteiger partial charge on any atom is 0.312 e. The number of carbonyl (C=O) groups excluding carboxylic acids is 4. The fourth-order valence-electron chi connectivity index (χ4n) is 5.65. The highest BCUT2D eigenvalue weighted by Crippen LogP contribution is 2.55. The molecule has 2 aliphatic carbocycles. The molecule has 9 nitrogen and oxygen atoms in total. The lowest BCUT2D eigenvalue weighted by molar-refractivity contribution is -0.228.